The molecule has 1 amide bonds. The molecular formula is C19H18N4O2S3. The van der Waals surface area contributed by atoms with Crippen molar-refractivity contribution in [2.45, 2.75) is 14.4 Å². The largest absolute Gasteiger partial charge is 0.497 e. The fraction of sp³-hybridized carbons (Fsp3) is 0.158. The highest BCUT2D eigenvalue weighted by Gasteiger charge is 2.08. The Balaban J connectivity index is 1.39. The van der Waals surface area contributed by atoms with Crippen molar-refractivity contribution in [3.05, 3.63) is 65.7 Å². The smallest absolute Gasteiger partial charge is 0.250 e. The zero-order valence-corrected chi connectivity index (χ0v) is 17.5. The van der Waals surface area contributed by atoms with Crippen LogP contribution in [0.3, 0.4) is 0 Å². The van der Waals surface area contributed by atoms with Crippen molar-refractivity contribution < 1.29 is 9.53 Å². The first-order chi connectivity index (χ1) is 13.7. The summed E-state index contributed by atoms with van der Waals surface area (Å²) >= 11 is 4.48. The molecule has 2 aromatic carbocycles. The Morgan fingerprint density at radius 2 is 1.82 bits per heavy atom. The van der Waals surface area contributed by atoms with Crippen LogP contribution in [0.25, 0.3) is 0 Å². The molecule has 3 aromatic rings. The van der Waals surface area contributed by atoms with Gasteiger partial charge in [-0.15, -0.1) is 10.2 Å². The van der Waals surface area contributed by atoms with Gasteiger partial charge in [0, 0.05) is 5.75 Å². The standard InChI is InChI=1S/C19H18N4O2S3/c1-25-16-9-7-14(8-10-16)11-20-21-17(24)13-27-19-23-22-18(28-19)26-12-15-5-3-2-4-6-15/h2-11H,12-13H2,1H3,(H,21,24)/b20-11-. The van der Waals surface area contributed by atoms with E-state index in [0.717, 1.165) is 25.7 Å². The third-order valence-corrected chi connectivity index (χ3v) is 6.70. The molecule has 0 atom stereocenters. The van der Waals surface area contributed by atoms with Crippen LogP contribution >= 0.6 is 34.9 Å². The van der Waals surface area contributed by atoms with E-state index in [2.05, 4.69) is 32.9 Å². The summed E-state index contributed by atoms with van der Waals surface area (Å²) in [5.74, 6) is 1.66. The Morgan fingerprint density at radius 1 is 1.11 bits per heavy atom. The average Bonchev–Trinajstić information content (AvgIpc) is 3.20. The molecular weight excluding hydrogens is 412 g/mol. The molecule has 9 heteroatoms. The second kappa shape index (κ2) is 10.8. The van der Waals surface area contributed by atoms with Crippen molar-refractivity contribution in [2.24, 2.45) is 5.10 Å². The summed E-state index contributed by atoms with van der Waals surface area (Å²) in [7, 11) is 1.61. The molecule has 1 aromatic heterocycles. The van der Waals surface area contributed by atoms with Gasteiger partial charge in [0.1, 0.15) is 5.75 Å². The van der Waals surface area contributed by atoms with Crippen LogP contribution in [0, 0.1) is 0 Å². The third kappa shape index (κ3) is 6.66. The summed E-state index contributed by atoms with van der Waals surface area (Å²) in [5, 5.41) is 12.3. The van der Waals surface area contributed by atoms with Crippen molar-refractivity contribution in [1.82, 2.24) is 15.6 Å². The fourth-order valence-electron chi connectivity index (χ4n) is 2.06. The first-order valence-electron chi connectivity index (χ1n) is 8.32. The molecule has 0 saturated heterocycles. The molecule has 0 radical (unpaired) electrons. The highest BCUT2D eigenvalue weighted by Crippen LogP contribution is 2.30. The number of thioether (sulfide) groups is 2. The number of ether oxygens (including phenoxy) is 1. The number of rotatable bonds is 9. The quantitative estimate of drug-likeness (QED) is 0.313. The number of benzene rings is 2. The lowest BCUT2D eigenvalue weighted by Gasteiger charge is -1.99. The van der Waals surface area contributed by atoms with Crippen molar-refractivity contribution in [3.63, 3.8) is 0 Å². The Hall–Kier alpha value is -2.36. The van der Waals surface area contributed by atoms with Crippen LogP contribution < -0.4 is 10.2 Å². The van der Waals surface area contributed by atoms with Crippen molar-refractivity contribution in [2.75, 3.05) is 12.9 Å². The van der Waals surface area contributed by atoms with Crippen molar-refractivity contribution >= 4 is 47.0 Å². The minimum absolute atomic E-state index is 0.191. The lowest BCUT2D eigenvalue weighted by atomic mass is 10.2. The summed E-state index contributed by atoms with van der Waals surface area (Å²) in [6.07, 6.45) is 1.59. The number of nitrogens with one attached hydrogen (secondary N) is 1. The van der Waals surface area contributed by atoms with Gasteiger partial charge in [0.25, 0.3) is 5.91 Å². The minimum Gasteiger partial charge on any atom is -0.497 e. The van der Waals surface area contributed by atoms with E-state index < -0.39 is 0 Å². The van der Waals surface area contributed by atoms with Crippen molar-refractivity contribution in [3.8, 4) is 5.75 Å². The second-order valence-corrected chi connectivity index (χ2v) is 8.89. The number of carbonyl (C=O) groups is 1. The van der Waals surface area contributed by atoms with Crippen LogP contribution in [0.5, 0.6) is 5.75 Å². The molecule has 0 aliphatic heterocycles. The maximum absolute atomic E-state index is 11.9. The van der Waals surface area contributed by atoms with Crippen molar-refractivity contribution in [1.29, 1.82) is 0 Å². The Bertz CT molecular complexity index is 914. The molecule has 0 unspecified atom stereocenters. The Morgan fingerprint density at radius 3 is 2.54 bits per heavy atom. The van der Waals surface area contributed by atoms with Crippen LogP contribution in [0.15, 0.2) is 68.4 Å². The van der Waals surface area contributed by atoms with Gasteiger partial charge in [-0.1, -0.05) is 65.2 Å². The lowest BCUT2D eigenvalue weighted by molar-refractivity contribution is -0.118. The highest BCUT2D eigenvalue weighted by atomic mass is 32.2. The first kappa shape index (κ1) is 20.4. The molecule has 0 aliphatic carbocycles. The maximum atomic E-state index is 11.9. The van der Waals surface area contributed by atoms with Gasteiger partial charge in [0.15, 0.2) is 8.68 Å². The van der Waals surface area contributed by atoms with E-state index in [4.69, 9.17) is 4.74 Å². The van der Waals surface area contributed by atoms with Crippen LogP contribution in [-0.2, 0) is 10.5 Å². The van der Waals surface area contributed by atoms with Gasteiger partial charge in [-0.25, -0.2) is 5.43 Å². The van der Waals surface area contributed by atoms with Crippen LogP contribution in [-0.4, -0.2) is 35.2 Å². The Kier molecular flexibility index (Phi) is 7.89. The summed E-state index contributed by atoms with van der Waals surface area (Å²) in [4.78, 5) is 11.9. The molecule has 1 heterocycles. The van der Waals surface area contributed by atoms with Gasteiger partial charge in [-0.05, 0) is 35.4 Å². The molecule has 0 aliphatic rings. The van der Waals surface area contributed by atoms with E-state index in [-0.39, 0.29) is 11.7 Å². The predicted octanol–water partition coefficient (Wildman–Crippen LogP) is 4.08. The van der Waals surface area contributed by atoms with E-state index in [1.807, 2.05) is 42.5 Å². The van der Waals surface area contributed by atoms with E-state index in [9.17, 15) is 4.79 Å². The molecule has 0 bridgehead atoms. The summed E-state index contributed by atoms with van der Waals surface area (Å²) < 4.78 is 6.76. The topological polar surface area (TPSA) is 76.5 Å². The predicted molar refractivity (Wildman–Crippen MR) is 115 cm³/mol. The number of hydrazone groups is 1. The lowest BCUT2D eigenvalue weighted by Crippen LogP contribution is -2.19. The van der Waals surface area contributed by atoms with Crippen LogP contribution in [0.2, 0.25) is 0 Å². The van der Waals surface area contributed by atoms with Gasteiger partial charge in [0.05, 0.1) is 19.1 Å². The molecule has 0 saturated carbocycles. The third-order valence-electron chi connectivity index (χ3n) is 3.44. The number of carbonyl (C=O) groups excluding carboxylic acids is 1. The molecule has 28 heavy (non-hydrogen) atoms. The van der Waals surface area contributed by atoms with Gasteiger partial charge >= 0.3 is 0 Å². The monoisotopic (exact) mass is 430 g/mol. The van der Waals surface area contributed by atoms with Crippen LogP contribution in [0.1, 0.15) is 11.1 Å². The molecule has 144 valence electrons. The number of hydrogen-bond donors (Lipinski definition) is 1. The Labute approximate surface area is 175 Å². The first-order valence-corrected chi connectivity index (χ1v) is 11.1. The number of amides is 1. The second-order valence-electron chi connectivity index (χ2n) is 5.46. The zero-order chi connectivity index (χ0) is 19.6. The summed E-state index contributed by atoms with van der Waals surface area (Å²) in [6, 6.07) is 17.6. The minimum atomic E-state index is -0.191. The molecule has 0 fully saturated rings. The fourth-order valence-corrected chi connectivity index (χ4v) is 4.83. The maximum Gasteiger partial charge on any atom is 0.250 e. The number of aromatic nitrogens is 2. The zero-order valence-electron chi connectivity index (χ0n) is 15.1. The normalized spacial score (nSPS) is 10.9. The van der Waals surface area contributed by atoms with Crippen LogP contribution in [0.4, 0.5) is 0 Å². The molecule has 3 rings (SSSR count). The molecule has 1 N–H and O–H groups in total. The molecule has 0 spiro atoms. The molecule has 6 nitrogen and oxygen atoms in total. The van der Waals surface area contributed by atoms with E-state index in [1.165, 1.54) is 28.7 Å². The number of methoxy groups -OCH3 is 1. The average molecular weight is 431 g/mol. The highest BCUT2D eigenvalue weighted by molar-refractivity contribution is 8.03. The van der Waals surface area contributed by atoms with E-state index in [0.29, 0.717) is 0 Å². The van der Waals surface area contributed by atoms with Gasteiger partial charge in [-0.2, -0.15) is 5.10 Å². The number of nitrogens with zero attached hydrogens (tertiary/aromatic N) is 3. The van der Waals surface area contributed by atoms with Gasteiger partial charge in [0.2, 0.25) is 0 Å². The van der Waals surface area contributed by atoms with E-state index in [1.54, 1.807) is 25.1 Å². The van der Waals surface area contributed by atoms with E-state index >= 15 is 0 Å². The van der Waals surface area contributed by atoms with Gasteiger partial charge in [-0.3, -0.25) is 4.79 Å². The van der Waals surface area contributed by atoms with Gasteiger partial charge < -0.3 is 4.74 Å². The number of hydrogen-bond acceptors (Lipinski definition) is 8. The summed E-state index contributed by atoms with van der Waals surface area (Å²) in [5.41, 5.74) is 4.63. The SMILES string of the molecule is COc1ccc(/C=N\NC(=O)CSc2nnc(SCc3ccccc3)s2)cc1. The summed E-state index contributed by atoms with van der Waals surface area (Å²) in [6.45, 7) is 0.